The summed E-state index contributed by atoms with van der Waals surface area (Å²) in [6.45, 7) is 9.29. The third kappa shape index (κ3) is 2.56. The van der Waals surface area contributed by atoms with E-state index in [1.54, 1.807) is 5.20 Å². The number of rotatable bonds is 2. The zero-order chi connectivity index (χ0) is 9.90. The Morgan fingerprint density at radius 3 is 2.00 bits per heavy atom. The predicted octanol–water partition coefficient (Wildman–Crippen LogP) is 3.97. The summed E-state index contributed by atoms with van der Waals surface area (Å²) in [5, 5.41) is 1.55. The maximum atomic E-state index is 2.38. The molecule has 0 amide bonds. The average molecular weight is 190 g/mol. The fraction of sp³-hybridized carbons (Fsp3) is 0.333. The lowest BCUT2D eigenvalue weighted by Gasteiger charge is -2.20. The monoisotopic (exact) mass is 190 g/mol. The van der Waals surface area contributed by atoms with E-state index in [1.165, 1.54) is 5.56 Å². The molecule has 0 nitrogen and oxygen atoms in total. The minimum Gasteiger partial charge on any atom is -0.0878 e. The normalized spacial score (nSPS) is 13.1. The molecule has 0 fully saturated rings. The second-order valence-corrected chi connectivity index (χ2v) is 9.36. The Balaban J connectivity index is 3.08. The van der Waals surface area contributed by atoms with Gasteiger partial charge in [0, 0.05) is 0 Å². The van der Waals surface area contributed by atoms with Crippen LogP contribution < -0.4 is 0 Å². The Bertz CT molecular complexity index is 291. The van der Waals surface area contributed by atoms with E-state index in [0.717, 1.165) is 0 Å². The van der Waals surface area contributed by atoms with Crippen molar-refractivity contribution in [2.24, 2.45) is 0 Å². The molecule has 1 aromatic rings. The fourth-order valence-electron chi connectivity index (χ4n) is 1.65. The van der Waals surface area contributed by atoms with Crippen LogP contribution in [0.2, 0.25) is 19.6 Å². The minimum absolute atomic E-state index is 1.17. The van der Waals surface area contributed by atoms with Gasteiger partial charge in [-0.3, -0.25) is 0 Å². The van der Waals surface area contributed by atoms with Gasteiger partial charge in [0.1, 0.15) is 0 Å². The summed E-state index contributed by atoms with van der Waals surface area (Å²) in [5.74, 6) is 0. The van der Waals surface area contributed by atoms with Crippen molar-refractivity contribution in [1.29, 1.82) is 0 Å². The molecule has 1 rings (SSSR count). The molecule has 0 aromatic heterocycles. The summed E-state index contributed by atoms with van der Waals surface area (Å²) in [4.78, 5) is 0. The van der Waals surface area contributed by atoms with Crippen molar-refractivity contribution in [3.8, 4) is 0 Å². The van der Waals surface area contributed by atoms with Crippen LogP contribution in [0.4, 0.5) is 0 Å². The Hall–Kier alpha value is -0.823. The van der Waals surface area contributed by atoms with Gasteiger partial charge in [0.05, 0.1) is 8.07 Å². The van der Waals surface area contributed by atoms with Crippen molar-refractivity contribution in [3.63, 3.8) is 0 Å². The topological polar surface area (TPSA) is 0 Å². The molecule has 0 aliphatic heterocycles. The van der Waals surface area contributed by atoms with Crippen molar-refractivity contribution in [2.75, 3.05) is 0 Å². The van der Waals surface area contributed by atoms with Gasteiger partial charge in [-0.05, 0) is 12.5 Å². The van der Waals surface area contributed by atoms with E-state index >= 15 is 0 Å². The first-order valence-corrected chi connectivity index (χ1v) is 8.28. The number of hydrogen-bond acceptors (Lipinski definition) is 0. The van der Waals surface area contributed by atoms with Gasteiger partial charge >= 0.3 is 0 Å². The molecule has 13 heavy (non-hydrogen) atoms. The molecule has 0 bridgehead atoms. The number of hydrogen-bond donors (Lipinski definition) is 0. The van der Waals surface area contributed by atoms with Crippen LogP contribution in [0.3, 0.4) is 0 Å². The van der Waals surface area contributed by atoms with Gasteiger partial charge in [-0.25, -0.2) is 0 Å². The lowest BCUT2D eigenvalue weighted by Crippen LogP contribution is -2.22. The highest BCUT2D eigenvalue weighted by atomic mass is 28.3. The molecular weight excluding hydrogens is 172 g/mol. The summed E-state index contributed by atoms with van der Waals surface area (Å²) < 4.78 is 0. The van der Waals surface area contributed by atoms with Crippen LogP contribution in [0, 0.1) is 0 Å². The van der Waals surface area contributed by atoms with Gasteiger partial charge in [-0.1, -0.05) is 61.2 Å². The van der Waals surface area contributed by atoms with Crippen LogP contribution in [0.25, 0.3) is 5.20 Å². The highest BCUT2D eigenvalue weighted by molar-refractivity contribution is 6.93. The first-order chi connectivity index (χ1) is 6.05. The lowest BCUT2D eigenvalue weighted by molar-refractivity contribution is 1.59. The van der Waals surface area contributed by atoms with Crippen molar-refractivity contribution in [3.05, 3.63) is 42.0 Å². The summed E-state index contributed by atoms with van der Waals surface area (Å²) in [5.41, 5.74) is 1.39. The van der Waals surface area contributed by atoms with E-state index in [9.17, 15) is 0 Å². The highest BCUT2D eigenvalue weighted by Crippen LogP contribution is 2.24. The lowest BCUT2D eigenvalue weighted by atomic mass is 10.2. The fourth-order valence-corrected chi connectivity index (χ4v) is 3.55. The maximum absolute atomic E-state index is 2.38. The molecule has 0 spiro atoms. The Kier molecular flexibility index (Phi) is 3.10. The summed E-state index contributed by atoms with van der Waals surface area (Å²) in [7, 11) is -1.17. The Labute approximate surface area is 82.3 Å². The average Bonchev–Trinajstić information content (AvgIpc) is 2.05. The van der Waals surface area contributed by atoms with E-state index in [0.29, 0.717) is 0 Å². The van der Waals surface area contributed by atoms with Gasteiger partial charge in [0.2, 0.25) is 0 Å². The van der Waals surface area contributed by atoms with Crippen LogP contribution in [0.15, 0.2) is 36.4 Å². The first-order valence-electron chi connectivity index (χ1n) is 4.78. The molecule has 0 aliphatic carbocycles. The van der Waals surface area contributed by atoms with Crippen molar-refractivity contribution >= 4 is 13.3 Å². The largest absolute Gasteiger partial charge is 0.0878 e. The zero-order valence-corrected chi connectivity index (χ0v) is 9.96. The van der Waals surface area contributed by atoms with Crippen LogP contribution in [0.1, 0.15) is 12.5 Å². The Morgan fingerprint density at radius 1 is 1.08 bits per heavy atom. The molecule has 70 valence electrons. The molecule has 0 atom stereocenters. The zero-order valence-electron chi connectivity index (χ0n) is 8.96. The number of allylic oxidation sites excluding steroid dienone is 1. The molecular formula is C12H18Si. The van der Waals surface area contributed by atoms with Gasteiger partial charge in [-0.15, -0.1) is 0 Å². The molecule has 0 saturated carbocycles. The van der Waals surface area contributed by atoms with Gasteiger partial charge in [0.25, 0.3) is 0 Å². The molecule has 0 radical (unpaired) electrons. The standard InChI is InChI=1S/C12H18Si/c1-5-12(13(2,3)4)11-9-7-6-8-10-11/h5-10H,1-4H3/b12-5-. The molecule has 0 saturated heterocycles. The van der Waals surface area contributed by atoms with Crippen molar-refractivity contribution in [2.45, 2.75) is 26.6 Å². The van der Waals surface area contributed by atoms with Crippen LogP contribution in [-0.4, -0.2) is 8.07 Å². The quantitative estimate of drug-likeness (QED) is 0.619. The van der Waals surface area contributed by atoms with Gasteiger partial charge < -0.3 is 0 Å². The molecule has 0 unspecified atom stereocenters. The third-order valence-electron chi connectivity index (χ3n) is 2.18. The number of benzene rings is 1. The van der Waals surface area contributed by atoms with E-state index in [4.69, 9.17) is 0 Å². The molecule has 1 heteroatoms. The maximum Gasteiger partial charge on any atom is 0.0779 e. The predicted molar refractivity (Wildman–Crippen MR) is 63.4 cm³/mol. The van der Waals surface area contributed by atoms with E-state index in [2.05, 4.69) is 63.0 Å². The van der Waals surface area contributed by atoms with E-state index < -0.39 is 8.07 Å². The van der Waals surface area contributed by atoms with Crippen LogP contribution >= 0.6 is 0 Å². The Morgan fingerprint density at radius 2 is 1.62 bits per heavy atom. The van der Waals surface area contributed by atoms with Crippen molar-refractivity contribution in [1.82, 2.24) is 0 Å². The van der Waals surface area contributed by atoms with Gasteiger partial charge in [0.15, 0.2) is 0 Å². The summed E-state index contributed by atoms with van der Waals surface area (Å²) in [6, 6.07) is 10.7. The second kappa shape index (κ2) is 3.92. The highest BCUT2D eigenvalue weighted by Gasteiger charge is 2.19. The first kappa shape index (κ1) is 10.3. The second-order valence-electron chi connectivity index (χ2n) is 4.32. The SMILES string of the molecule is C/C=C(/c1ccccc1)[Si](C)(C)C. The summed E-state index contributed by atoms with van der Waals surface area (Å²) in [6.07, 6.45) is 2.27. The van der Waals surface area contributed by atoms with Crippen LogP contribution in [-0.2, 0) is 0 Å². The molecule has 0 heterocycles. The molecule has 0 aliphatic rings. The van der Waals surface area contributed by atoms with Gasteiger partial charge in [-0.2, -0.15) is 0 Å². The van der Waals surface area contributed by atoms with E-state index in [1.807, 2.05) is 0 Å². The molecule has 0 N–H and O–H groups in total. The smallest absolute Gasteiger partial charge is 0.0779 e. The van der Waals surface area contributed by atoms with Crippen LogP contribution in [0.5, 0.6) is 0 Å². The van der Waals surface area contributed by atoms with E-state index in [-0.39, 0.29) is 0 Å². The van der Waals surface area contributed by atoms with Crippen molar-refractivity contribution < 1.29 is 0 Å². The minimum atomic E-state index is -1.17. The third-order valence-corrected chi connectivity index (χ3v) is 4.37. The molecule has 1 aromatic carbocycles. The summed E-state index contributed by atoms with van der Waals surface area (Å²) >= 11 is 0.